The number of amides is 2. The van der Waals surface area contributed by atoms with Gasteiger partial charge in [0.05, 0.1) is 12.0 Å². The molecule has 0 radical (unpaired) electrons. The van der Waals surface area contributed by atoms with E-state index in [2.05, 4.69) is 5.32 Å². The van der Waals surface area contributed by atoms with Crippen molar-refractivity contribution in [3.05, 3.63) is 131 Å². The molecule has 1 aliphatic heterocycles. The van der Waals surface area contributed by atoms with E-state index in [4.69, 9.17) is 4.74 Å². The Balaban J connectivity index is 1.38. The molecule has 1 fully saturated rings. The number of methoxy groups -OCH3 is 1. The quantitative estimate of drug-likeness (QED) is 0.212. The molecule has 0 aromatic heterocycles. The topological polar surface area (TPSA) is 96.0 Å². The van der Waals surface area contributed by atoms with E-state index in [-0.39, 0.29) is 29.7 Å². The number of hydrogen-bond acceptors (Lipinski definition) is 5. The van der Waals surface area contributed by atoms with E-state index >= 15 is 0 Å². The number of carbonyl (C=O) groups excluding carboxylic acids is 2. The summed E-state index contributed by atoms with van der Waals surface area (Å²) in [4.78, 5) is 29.8. The van der Waals surface area contributed by atoms with Gasteiger partial charge in [0.2, 0.25) is 21.8 Å². The minimum atomic E-state index is -3.51. The third kappa shape index (κ3) is 8.17. The van der Waals surface area contributed by atoms with Gasteiger partial charge in [0.25, 0.3) is 0 Å². The second-order valence-corrected chi connectivity index (χ2v) is 13.1. The second-order valence-electron chi connectivity index (χ2n) is 11.1. The fraction of sp³-hybridized carbons (Fsp3) is 0.278. The Bertz CT molecular complexity index is 1660. The highest BCUT2D eigenvalue weighted by molar-refractivity contribution is 7.89. The number of hydrogen-bond donors (Lipinski definition) is 1. The molecule has 0 bridgehead atoms. The van der Waals surface area contributed by atoms with E-state index in [1.807, 2.05) is 84.9 Å². The number of nitrogens with zero attached hydrogens (tertiary/aromatic N) is 2. The summed E-state index contributed by atoms with van der Waals surface area (Å²) >= 11 is 0. The third-order valence-electron chi connectivity index (χ3n) is 8.07. The minimum Gasteiger partial charge on any atom is -0.497 e. The summed E-state index contributed by atoms with van der Waals surface area (Å²) in [7, 11) is -1.91. The molecule has 1 N–H and O–H groups in total. The number of nitrogens with one attached hydrogen (secondary N) is 1. The fourth-order valence-corrected chi connectivity index (χ4v) is 7.06. The molecule has 1 saturated heterocycles. The molecular weight excluding hydrogens is 586 g/mol. The molecule has 0 unspecified atom stereocenters. The highest BCUT2D eigenvalue weighted by Crippen LogP contribution is 2.27. The van der Waals surface area contributed by atoms with Crippen LogP contribution in [0.5, 0.6) is 5.75 Å². The van der Waals surface area contributed by atoms with Crippen LogP contribution in [0.25, 0.3) is 0 Å². The van der Waals surface area contributed by atoms with Gasteiger partial charge >= 0.3 is 0 Å². The first-order chi connectivity index (χ1) is 21.8. The van der Waals surface area contributed by atoms with Gasteiger partial charge < -0.3 is 15.0 Å². The van der Waals surface area contributed by atoms with Gasteiger partial charge in [-0.1, -0.05) is 84.9 Å². The van der Waals surface area contributed by atoms with Crippen LogP contribution in [0.1, 0.15) is 47.6 Å². The number of carbonyl (C=O) groups is 2. The fourth-order valence-electron chi connectivity index (χ4n) is 5.54. The van der Waals surface area contributed by atoms with Crippen LogP contribution >= 0.6 is 0 Å². The molecule has 1 atom stereocenters. The zero-order valence-electron chi connectivity index (χ0n) is 25.5. The van der Waals surface area contributed by atoms with E-state index in [0.717, 1.165) is 29.5 Å². The lowest BCUT2D eigenvalue weighted by Gasteiger charge is -2.32. The van der Waals surface area contributed by atoms with Crippen LogP contribution in [0.4, 0.5) is 0 Å². The van der Waals surface area contributed by atoms with Gasteiger partial charge in [0.1, 0.15) is 11.8 Å². The third-order valence-corrected chi connectivity index (χ3v) is 9.98. The van der Waals surface area contributed by atoms with Crippen LogP contribution in [0.2, 0.25) is 0 Å². The highest BCUT2D eigenvalue weighted by atomic mass is 32.2. The number of ether oxygens (including phenoxy) is 1. The molecule has 9 heteroatoms. The summed E-state index contributed by atoms with van der Waals surface area (Å²) in [5, 5.41) is 3.04. The van der Waals surface area contributed by atoms with Gasteiger partial charge in [0, 0.05) is 32.6 Å². The first-order valence-electron chi connectivity index (χ1n) is 15.2. The molecule has 1 aliphatic rings. The summed E-state index contributed by atoms with van der Waals surface area (Å²) in [5.74, 6) is 0.235. The number of rotatable bonds is 13. The Labute approximate surface area is 265 Å². The Morgan fingerprint density at radius 2 is 1.40 bits per heavy atom. The maximum absolute atomic E-state index is 14.1. The van der Waals surface area contributed by atoms with Gasteiger partial charge in [0.15, 0.2) is 0 Å². The Morgan fingerprint density at radius 3 is 2.02 bits per heavy atom. The predicted molar refractivity (Wildman–Crippen MR) is 174 cm³/mol. The molecule has 4 aromatic carbocycles. The van der Waals surface area contributed by atoms with Gasteiger partial charge in [-0.05, 0) is 65.8 Å². The Morgan fingerprint density at radius 1 is 0.800 bits per heavy atom. The Kier molecular flexibility index (Phi) is 10.7. The zero-order chi connectivity index (χ0) is 31.6. The molecule has 4 aromatic rings. The monoisotopic (exact) mass is 625 g/mol. The van der Waals surface area contributed by atoms with Crippen molar-refractivity contribution in [2.75, 3.05) is 20.2 Å². The van der Waals surface area contributed by atoms with Crippen molar-refractivity contribution < 1.29 is 22.7 Å². The largest absolute Gasteiger partial charge is 0.497 e. The number of sulfonamides is 1. The van der Waals surface area contributed by atoms with Crippen molar-refractivity contribution in [2.24, 2.45) is 0 Å². The van der Waals surface area contributed by atoms with Crippen molar-refractivity contribution in [3.8, 4) is 5.75 Å². The van der Waals surface area contributed by atoms with E-state index in [1.54, 1.807) is 36.3 Å². The van der Waals surface area contributed by atoms with Crippen LogP contribution in [0.3, 0.4) is 0 Å². The molecule has 0 saturated carbocycles. The van der Waals surface area contributed by atoms with Crippen LogP contribution in [-0.4, -0.2) is 49.6 Å². The summed E-state index contributed by atoms with van der Waals surface area (Å²) < 4.78 is 32.7. The van der Waals surface area contributed by atoms with Gasteiger partial charge in [-0.25, -0.2) is 8.42 Å². The summed E-state index contributed by atoms with van der Waals surface area (Å²) in [6, 6.07) is 32.3. The van der Waals surface area contributed by atoms with Crippen LogP contribution in [0, 0.1) is 0 Å². The maximum atomic E-state index is 14.1. The van der Waals surface area contributed by atoms with Gasteiger partial charge in [-0.3, -0.25) is 9.59 Å². The molecule has 5 rings (SSSR count). The first-order valence-corrected chi connectivity index (χ1v) is 16.7. The van der Waals surface area contributed by atoms with Crippen molar-refractivity contribution in [2.45, 2.75) is 49.7 Å². The van der Waals surface area contributed by atoms with Crippen LogP contribution < -0.4 is 10.1 Å². The smallest absolute Gasteiger partial charge is 0.247 e. The van der Waals surface area contributed by atoms with E-state index in [9.17, 15) is 18.0 Å². The first kappa shape index (κ1) is 31.9. The van der Waals surface area contributed by atoms with Crippen molar-refractivity contribution in [1.82, 2.24) is 14.5 Å². The molecule has 45 heavy (non-hydrogen) atoms. The van der Waals surface area contributed by atoms with E-state index in [0.29, 0.717) is 37.4 Å². The standard InChI is InChI=1S/C36H39N3O5S/c1-44-32-19-14-30(15-20-32)27-39(35(31-12-6-3-7-13-31)36(41)37-26-29-10-4-2-5-11-29)34(40)23-18-28-16-21-33(22-17-28)45(42,43)38-24-8-9-25-38/h2-7,10-17,19-22,35H,8-9,18,23-27H2,1H3,(H,37,41)/t35-/m1/s1. The number of benzene rings is 4. The zero-order valence-corrected chi connectivity index (χ0v) is 26.3. The predicted octanol–water partition coefficient (Wildman–Crippen LogP) is 5.50. The number of aryl methyl sites for hydroxylation is 1. The van der Waals surface area contributed by atoms with Gasteiger partial charge in [-0.15, -0.1) is 0 Å². The van der Waals surface area contributed by atoms with Crippen molar-refractivity contribution >= 4 is 21.8 Å². The second kappa shape index (κ2) is 15.0. The van der Waals surface area contributed by atoms with Crippen molar-refractivity contribution in [3.63, 3.8) is 0 Å². The molecule has 1 heterocycles. The summed E-state index contributed by atoms with van der Waals surface area (Å²) in [5.41, 5.74) is 3.37. The SMILES string of the molecule is COc1ccc(CN(C(=O)CCc2ccc(S(=O)(=O)N3CCCC3)cc2)[C@@H](C(=O)NCc2ccccc2)c2ccccc2)cc1. The van der Waals surface area contributed by atoms with Crippen LogP contribution in [0.15, 0.2) is 114 Å². The molecular formula is C36H39N3O5S. The lowest BCUT2D eigenvalue weighted by atomic mass is 10.0. The van der Waals surface area contributed by atoms with E-state index in [1.165, 1.54) is 4.31 Å². The minimum absolute atomic E-state index is 0.143. The molecule has 0 aliphatic carbocycles. The normalized spacial score (nSPS) is 14.1. The lowest BCUT2D eigenvalue weighted by Crippen LogP contribution is -2.43. The van der Waals surface area contributed by atoms with E-state index < -0.39 is 16.1 Å². The average molecular weight is 626 g/mol. The van der Waals surface area contributed by atoms with Crippen LogP contribution in [-0.2, 0) is 39.1 Å². The Hall–Kier alpha value is -4.47. The molecule has 8 nitrogen and oxygen atoms in total. The molecule has 2 amide bonds. The highest BCUT2D eigenvalue weighted by Gasteiger charge is 2.31. The molecule has 0 spiro atoms. The lowest BCUT2D eigenvalue weighted by molar-refractivity contribution is -0.141. The van der Waals surface area contributed by atoms with Gasteiger partial charge in [-0.2, -0.15) is 4.31 Å². The average Bonchev–Trinajstić information content (AvgIpc) is 3.64. The molecule has 234 valence electrons. The maximum Gasteiger partial charge on any atom is 0.247 e. The van der Waals surface area contributed by atoms with Crippen molar-refractivity contribution in [1.29, 1.82) is 0 Å². The summed E-state index contributed by atoms with van der Waals surface area (Å²) in [6.07, 6.45) is 2.29. The summed E-state index contributed by atoms with van der Waals surface area (Å²) in [6.45, 7) is 1.64.